The van der Waals surface area contributed by atoms with Crippen LogP contribution in [0.5, 0.6) is 0 Å². The SMILES string of the molecule is CN(CCCCn1c(=O)oc2cc(C=O)ccc21)C1CCC(OC(C(=O)O)(c2cccs2)c2cccs2)CC1. The van der Waals surface area contributed by atoms with E-state index in [4.69, 9.17) is 9.15 Å². The van der Waals surface area contributed by atoms with Gasteiger partial charge in [-0.1, -0.05) is 12.1 Å². The highest BCUT2D eigenvalue weighted by molar-refractivity contribution is 7.12. The van der Waals surface area contributed by atoms with Gasteiger partial charge in [-0.15, -0.1) is 22.7 Å². The molecule has 1 aliphatic rings. The first-order valence-electron chi connectivity index (χ1n) is 13.2. The molecule has 3 heterocycles. The van der Waals surface area contributed by atoms with Gasteiger partial charge in [-0.3, -0.25) is 9.36 Å². The molecular formula is C29H32N2O6S2. The van der Waals surface area contributed by atoms with E-state index < -0.39 is 17.3 Å². The van der Waals surface area contributed by atoms with Gasteiger partial charge in [-0.25, -0.2) is 9.59 Å². The lowest BCUT2D eigenvalue weighted by Crippen LogP contribution is -2.44. The molecule has 5 rings (SSSR count). The van der Waals surface area contributed by atoms with E-state index in [2.05, 4.69) is 11.9 Å². The Kier molecular flexibility index (Phi) is 8.46. The molecule has 0 bridgehead atoms. The number of hydrogen-bond donors (Lipinski definition) is 1. The van der Waals surface area contributed by atoms with Crippen LogP contribution in [0.4, 0.5) is 0 Å². The highest BCUT2D eigenvalue weighted by atomic mass is 32.1. The fourth-order valence-corrected chi connectivity index (χ4v) is 7.30. The standard InChI is InChI=1S/C29H32N2O6S2/c1-30(14-2-3-15-31-23-13-8-20(19-32)18-24(23)36-28(31)35)21-9-11-22(12-10-21)37-29(27(33)34,25-6-4-16-38-25)26-7-5-17-39-26/h4-8,13,16-19,21-22H,2-3,9-12,14-15H2,1H3,(H,33,34). The normalized spacial score (nSPS) is 18.1. The van der Waals surface area contributed by atoms with Crippen molar-refractivity contribution in [2.75, 3.05) is 13.6 Å². The van der Waals surface area contributed by atoms with Crippen LogP contribution in [0.2, 0.25) is 0 Å². The number of benzene rings is 1. The summed E-state index contributed by atoms with van der Waals surface area (Å²) in [5.41, 5.74) is 0.165. The van der Waals surface area contributed by atoms with Crippen LogP contribution >= 0.6 is 22.7 Å². The predicted octanol–water partition coefficient (Wildman–Crippen LogP) is 5.60. The van der Waals surface area contributed by atoms with Crippen molar-refractivity contribution in [1.82, 2.24) is 9.47 Å². The lowest BCUT2D eigenvalue weighted by molar-refractivity contribution is -0.170. The molecule has 1 fully saturated rings. The summed E-state index contributed by atoms with van der Waals surface area (Å²) < 4.78 is 13.4. The average Bonchev–Trinajstić information content (AvgIpc) is 3.72. The molecule has 0 radical (unpaired) electrons. The van der Waals surface area contributed by atoms with Gasteiger partial charge in [0.15, 0.2) is 5.58 Å². The van der Waals surface area contributed by atoms with E-state index in [-0.39, 0.29) is 6.10 Å². The van der Waals surface area contributed by atoms with Gasteiger partial charge in [0.05, 0.1) is 21.4 Å². The highest BCUT2D eigenvalue weighted by Gasteiger charge is 2.48. The molecule has 39 heavy (non-hydrogen) atoms. The molecule has 1 aromatic carbocycles. The van der Waals surface area contributed by atoms with Crippen LogP contribution in [0.15, 0.2) is 62.4 Å². The highest BCUT2D eigenvalue weighted by Crippen LogP contribution is 2.42. The van der Waals surface area contributed by atoms with Crippen molar-refractivity contribution in [1.29, 1.82) is 0 Å². The van der Waals surface area contributed by atoms with Gasteiger partial charge in [0.25, 0.3) is 0 Å². The van der Waals surface area contributed by atoms with Crippen LogP contribution in [0.1, 0.15) is 58.6 Å². The number of nitrogens with zero attached hydrogens (tertiary/aromatic N) is 2. The van der Waals surface area contributed by atoms with Gasteiger partial charge in [0.2, 0.25) is 5.60 Å². The van der Waals surface area contributed by atoms with Crippen LogP contribution in [0.3, 0.4) is 0 Å². The van der Waals surface area contributed by atoms with Gasteiger partial charge >= 0.3 is 11.7 Å². The van der Waals surface area contributed by atoms with Crippen molar-refractivity contribution >= 4 is 46.0 Å². The molecule has 0 unspecified atom stereocenters. The van der Waals surface area contributed by atoms with Gasteiger partial charge in [-0.05, 0) is 93.2 Å². The van der Waals surface area contributed by atoms with Gasteiger partial charge in [-0.2, -0.15) is 0 Å². The second-order valence-electron chi connectivity index (χ2n) is 10.0. The summed E-state index contributed by atoms with van der Waals surface area (Å²) in [6, 6.07) is 12.9. The van der Waals surface area contributed by atoms with Crippen LogP contribution in [0, 0.1) is 0 Å². The number of aliphatic carboxylic acids is 1. The molecule has 4 aromatic rings. The van der Waals surface area contributed by atoms with E-state index in [9.17, 15) is 19.5 Å². The number of oxazole rings is 1. The maximum atomic E-state index is 12.7. The zero-order valence-electron chi connectivity index (χ0n) is 21.8. The van der Waals surface area contributed by atoms with Gasteiger partial charge in [0.1, 0.15) is 6.29 Å². The largest absolute Gasteiger partial charge is 0.479 e. The summed E-state index contributed by atoms with van der Waals surface area (Å²) in [5.74, 6) is -1.37. The number of aromatic nitrogens is 1. The summed E-state index contributed by atoms with van der Waals surface area (Å²) in [7, 11) is 2.13. The molecule has 0 amide bonds. The van der Waals surface area contributed by atoms with E-state index in [1.165, 1.54) is 22.7 Å². The number of fused-ring (bicyclic) bond motifs is 1. The Morgan fingerprint density at radius 3 is 2.41 bits per heavy atom. The fraction of sp³-hybridized carbons (Fsp3) is 0.414. The Bertz CT molecular complexity index is 1410. The molecule has 0 spiro atoms. The Hall–Kier alpha value is -3.05. The fourth-order valence-electron chi connectivity index (χ4n) is 5.49. The molecule has 1 N–H and O–H groups in total. The Morgan fingerprint density at radius 1 is 1.13 bits per heavy atom. The number of carboxylic acids is 1. The molecule has 206 valence electrons. The van der Waals surface area contributed by atoms with E-state index in [0.717, 1.165) is 51.4 Å². The van der Waals surface area contributed by atoms with Crippen molar-refractivity contribution in [2.24, 2.45) is 0 Å². The van der Waals surface area contributed by atoms with Crippen molar-refractivity contribution in [3.05, 3.63) is 79.1 Å². The Labute approximate surface area is 234 Å². The van der Waals surface area contributed by atoms with Gasteiger partial charge < -0.3 is 19.2 Å². The third kappa shape index (κ3) is 5.65. The van der Waals surface area contributed by atoms with Crippen molar-refractivity contribution in [3.8, 4) is 0 Å². The second kappa shape index (κ2) is 12.0. The predicted molar refractivity (Wildman–Crippen MR) is 152 cm³/mol. The summed E-state index contributed by atoms with van der Waals surface area (Å²) in [6.45, 7) is 1.46. The molecule has 0 saturated heterocycles. The first-order valence-corrected chi connectivity index (χ1v) is 15.0. The van der Waals surface area contributed by atoms with Crippen molar-refractivity contribution in [3.63, 3.8) is 0 Å². The number of thiophene rings is 2. The maximum absolute atomic E-state index is 12.7. The minimum Gasteiger partial charge on any atom is -0.479 e. The third-order valence-corrected chi connectivity index (χ3v) is 9.56. The first-order chi connectivity index (χ1) is 18.9. The lowest BCUT2D eigenvalue weighted by Gasteiger charge is -2.38. The quantitative estimate of drug-likeness (QED) is 0.175. The molecule has 0 atom stereocenters. The zero-order valence-corrected chi connectivity index (χ0v) is 23.4. The summed E-state index contributed by atoms with van der Waals surface area (Å²) in [4.78, 5) is 39.7. The number of carbonyl (C=O) groups is 2. The summed E-state index contributed by atoms with van der Waals surface area (Å²) in [6.07, 6.45) is 5.86. The van der Waals surface area contributed by atoms with Crippen molar-refractivity contribution in [2.45, 2.75) is 62.8 Å². The van der Waals surface area contributed by atoms with Crippen LogP contribution in [-0.4, -0.2) is 52.6 Å². The number of ether oxygens (including phenoxy) is 1. The zero-order chi connectivity index (χ0) is 27.4. The molecule has 10 heteroatoms. The lowest BCUT2D eigenvalue weighted by atomic mass is 9.90. The molecule has 0 aliphatic heterocycles. The Morgan fingerprint density at radius 2 is 1.82 bits per heavy atom. The number of aldehydes is 1. The van der Waals surface area contributed by atoms with E-state index >= 15 is 0 Å². The number of hydrogen-bond acceptors (Lipinski definition) is 8. The van der Waals surface area contributed by atoms with E-state index in [1.807, 2.05) is 35.0 Å². The smallest absolute Gasteiger partial charge is 0.419 e. The molecule has 8 nitrogen and oxygen atoms in total. The minimum absolute atomic E-state index is 0.129. The van der Waals surface area contributed by atoms with E-state index in [0.29, 0.717) is 39.0 Å². The minimum atomic E-state index is -1.46. The number of unbranched alkanes of at least 4 members (excludes halogenated alkanes) is 1. The van der Waals surface area contributed by atoms with Crippen LogP contribution in [-0.2, 0) is 21.7 Å². The number of rotatable bonds is 12. The number of carboxylic acid groups (broad SMARTS) is 1. The molecule has 1 aliphatic carbocycles. The molecule has 3 aromatic heterocycles. The number of carbonyl (C=O) groups excluding carboxylic acids is 1. The van der Waals surface area contributed by atoms with Gasteiger partial charge in [0, 0.05) is 18.2 Å². The summed E-state index contributed by atoms with van der Waals surface area (Å²) in [5, 5.41) is 14.2. The molecular weight excluding hydrogens is 536 g/mol. The summed E-state index contributed by atoms with van der Waals surface area (Å²) >= 11 is 2.83. The second-order valence-corrected chi connectivity index (χ2v) is 11.9. The molecule has 1 saturated carbocycles. The maximum Gasteiger partial charge on any atom is 0.419 e. The van der Waals surface area contributed by atoms with Crippen LogP contribution < -0.4 is 5.76 Å². The monoisotopic (exact) mass is 568 g/mol. The third-order valence-electron chi connectivity index (χ3n) is 7.62. The first kappa shape index (κ1) is 27.5. The number of aryl methyl sites for hydroxylation is 1. The van der Waals surface area contributed by atoms with E-state index in [1.54, 1.807) is 22.8 Å². The van der Waals surface area contributed by atoms with Crippen molar-refractivity contribution < 1.29 is 23.8 Å². The van der Waals surface area contributed by atoms with Crippen LogP contribution in [0.25, 0.3) is 11.1 Å². The topological polar surface area (TPSA) is 102 Å². The average molecular weight is 569 g/mol. The Balaban J connectivity index is 1.14.